The van der Waals surface area contributed by atoms with E-state index in [4.69, 9.17) is 9.97 Å². The minimum Gasteiger partial charge on any atom is -0.335 e. The Labute approximate surface area is 128 Å². The lowest BCUT2D eigenvalue weighted by Crippen LogP contribution is -2.01. The molecule has 1 N–H and O–H groups in total. The molecule has 0 fully saturated rings. The Morgan fingerprint density at radius 1 is 0.955 bits per heavy atom. The topological polar surface area (TPSA) is 46.5 Å². The van der Waals surface area contributed by atoms with Gasteiger partial charge in [0.05, 0.1) is 22.1 Å². The van der Waals surface area contributed by atoms with Crippen LogP contribution in [-0.2, 0) is 6.54 Å². The number of aromatic amines is 1. The molecule has 4 rings (SSSR count). The second-order valence-electron chi connectivity index (χ2n) is 5.53. The second-order valence-corrected chi connectivity index (χ2v) is 5.53. The van der Waals surface area contributed by atoms with E-state index in [-0.39, 0.29) is 0 Å². The van der Waals surface area contributed by atoms with Crippen molar-refractivity contribution < 1.29 is 0 Å². The van der Waals surface area contributed by atoms with E-state index in [9.17, 15) is 0 Å². The summed E-state index contributed by atoms with van der Waals surface area (Å²) in [7, 11) is 0. The number of aryl methyl sites for hydroxylation is 1. The van der Waals surface area contributed by atoms with Crippen LogP contribution in [0, 0.1) is 0 Å². The van der Waals surface area contributed by atoms with E-state index < -0.39 is 0 Å². The highest BCUT2D eigenvalue weighted by Gasteiger charge is 2.15. The molecule has 2 aromatic heterocycles. The van der Waals surface area contributed by atoms with Gasteiger partial charge in [-0.05, 0) is 30.7 Å². The number of imidazole rings is 2. The van der Waals surface area contributed by atoms with Crippen LogP contribution in [0.1, 0.15) is 19.8 Å². The number of unbranched alkanes of at least 4 members (excludes halogenated alkanes) is 1. The Morgan fingerprint density at radius 2 is 1.73 bits per heavy atom. The van der Waals surface area contributed by atoms with Crippen molar-refractivity contribution in [3.05, 3.63) is 48.5 Å². The van der Waals surface area contributed by atoms with Crippen LogP contribution < -0.4 is 0 Å². The summed E-state index contributed by atoms with van der Waals surface area (Å²) in [6.07, 6.45) is 2.29. The fourth-order valence-electron chi connectivity index (χ4n) is 2.86. The molecule has 0 bridgehead atoms. The molecule has 2 heterocycles. The molecule has 22 heavy (non-hydrogen) atoms. The molecule has 4 aromatic rings. The molecule has 2 aromatic carbocycles. The van der Waals surface area contributed by atoms with Gasteiger partial charge in [0, 0.05) is 6.54 Å². The maximum atomic E-state index is 4.80. The van der Waals surface area contributed by atoms with Crippen LogP contribution in [0.15, 0.2) is 48.5 Å². The maximum absolute atomic E-state index is 4.80. The third kappa shape index (κ3) is 2.08. The SMILES string of the molecule is CCCCn1c(-c2nc3ccccc3[nH]2)nc2ccccc21. The highest BCUT2D eigenvalue weighted by molar-refractivity contribution is 5.82. The lowest BCUT2D eigenvalue weighted by Gasteiger charge is -2.06. The largest absolute Gasteiger partial charge is 0.335 e. The van der Waals surface area contributed by atoms with Crippen LogP contribution >= 0.6 is 0 Å². The predicted molar refractivity (Wildman–Crippen MR) is 89.7 cm³/mol. The quantitative estimate of drug-likeness (QED) is 0.606. The molecule has 0 radical (unpaired) electrons. The third-order valence-electron chi connectivity index (χ3n) is 3.99. The Balaban J connectivity index is 1.92. The van der Waals surface area contributed by atoms with Crippen molar-refractivity contribution in [3.8, 4) is 11.6 Å². The van der Waals surface area contributed by atoms with E-state index in [1.54, 1.807) is 0 Å². The van der Waals surface area contributed by atoms with Gasteiger partial charge in [-0.15, -0.1) is 0 Å². The molecule has 4 heteroatoms. The van der Waals surface area contributed by atoms with E-state index in [0.717, 1.165) is 47.6 Å². The number of hydrogen-bond acceptors (Lipinski definition) is 2. The van der Waals surface area contributed by atoms with Gasteiger partial charge in [0.25, 0.3) is 0 Å². The minimum absolute atomic E-state index is 0.841. The third-order valence-corrected chi connectivity index (χ3v) is 3.99. The zero-order valence-electron chi connectivity index (χ0n) is 12.6. The summed E-state index contributed by atoms with van der Waals surface area (Å²) in [6, 6.07) is 16.4. The number of nitrogens with zero attached hydrogens (tertiary/aromatic N) is 3. The number of nitrogens with one attached hydrogen (secondary N) is 1. The van der Waals surface area contributed by atoms with Crippen LogP contribution in [0.2, 0.25) is 0 Å². The van der Waals surface area contributed by atoms with Gasteiger partial charge in [-0.1, -0.05) is 37.6 Å². The van der Waals surface area contributed by atoms with Crippen molar-refractivity contribution in [2.75, 3.05) is 0 Å². The highest BCUT2D eigenvalue weighted by atomic mass is 15.1. The van der Waals surface area contributed by atoms with Gasteiger partial charge in [0.2, 0.25) is 0 Å². The molecule has 0 saturated heterocycles. The summed E-state index contributed by atoms with van der Waals surface area (Å²) < 4.78 is 2.27. The van der Waals surface area contributed by atoms with Gasteiger partial charge in [-0.2, -0.15) is 0 Å². The van der Waals surface area contributed by atoms with E-state index in [0.29, 0.717) is 0 Å². The summed E-state index contributed by atoms with van der Waals surface area (Å²) in [6.45, 7) is 3.17. The number of fused-ring (bicyclic) bond motifs is 2. The molecule has 0 amide bonds. The van der Waals surface area contributed by atoms with Crippen LogP contribution in [-0.4, -0.2) is 19.5 Å². The zero-order chi connectivity index (χ0) is 14.9. The normalized spacial score (nSPS) is 11.5. The number of H-pyrrole nitrogens is 1. The first-order valence-electron chi connectivity index (χ1n) is 7.77. The second kappa shape index (κ2) is 5.30. The van der Waals surface area contributed by atoms with Crippen LogP contribution in [0.25, 0.3) is 33.7 Å². The number of rotatable bonds is 4. The molecule has 0 unspecified atom stereocenters. The molecule has 110 valence electrons. The van der Waals surface area contributed by atoms with Crippen LogP contribution in [0.4, 0.5) is 0 Å². The molecule has 0 aliphatic heterocycles. The van der Waals surface area contributed by atoms with Gasteiger partial charge in [0.15, 0.2) is 11.6 Å². The molecule has 4 nitrogen and oxygen atoms in total. The van der Waals surface area contributed by atoms with Crippen molar-refractivity contribution in [1.29, 1.82) is 0 Å². The average Bonchev–Trinajstić information content (AvgIpc) is 3.14. The number of para-hydroxylation sites is 4. The van der Waals surface area contributed by atoms with Crippen LogP contribution in [0.3, 0.4) is 0 Å². The van der Waals surface area contributed by atoms with Crippen molar-refractivity contribution in [1.82, 2.24) is 19.5 Å². The highest BCUT2D eigenvalue weighted by Crippen LogP contribution is 2.25. The number of benzene rings is 2. The first kappa shape index (κ1) is 13.1. The van der Waals surface area contributed by atoms with Gasteiger partial charge in [-0.25, -0.2) is 9.97 Å². The lowest BCUT2D eigenvalue weighted by molar-refractivity contribution is 0.649. The summed E-state index contributed by atoms with van der Waals surface area (Å²) >= 11 is 0. The predicted octanol–water partition coefficient (Wildman–Crippen LogP) is 4.38. The van der Waals surface area contributed by atoms with E-state index in [2.05, 4.69) is 34.7 Å². The molecule has 0 atom stereocenters. The first-order valence-corrected chi connectivity index (χ1v) is 7.77. The molecule has 0 aliphatic carbocycles. The molecule has 0 saturated carbocycles. The molecular formula is C18H18N4. The van der Waals surface area contributed by atoms with Crippen LogP contribution in [0.5, 0.6) is 0 Å². The molecule has 0 spiro atoms. The average molecular weight is 290 g/mol. The van der Waals surface area contributed by atoms with Gasteiger partial charge < -0.3 is 9.55 Å². The van der Waals surface area contributed by atoms with Crippen molar-refractivity contribution >= 4 is 22.1 Å². The Bertz CT molecular complexity index is 899. The van der Waals surface area contributed by atoms with E-state index >= 15 is 0 Å². The fraction of sp³-hybridized carbons (Fsp3) is 0.222. The summed E-state index contributed by atoms with van der Waals surface area (Å²) in [5, 5.41) is 0. The Kier molecular flexibility index (Phi) is 3.15. The van der Waals surface area contributed by atoms with E-state index in [1.807, 2.05) is 30.3 Å². The number of aromatic nitrogens is 4. The van der Waals surface area contributed by atoms with Crippen molar-refractivity contribution in [2.45, 2.75) is 26.3 Å². The van der Waals surface area contributed by atoms with Crippen molar-refractivity contribution in [2.24, 2.45) is 0 Å². The smallest absolute Gasteiger partial charge is 0.177 e. The summed E-state index contributed by atoms with van der Waals surface area (Å²) in [5.41, 5.74) is 4.22. The summed E-state index contributed by atoms with van der Waals surface area (Å²) in [5.74, 6) is 1.76. The molecular weight excluding hydrogens is 272 g/mol. The Hall–Kier alpha value is -2.62. The van der Waals surface area contributed by atoms with Crippen molar-refractivity contribution in [3.63, 3.8) is 0 Å². The van der Waals surface area contributed by atoms with Gasteiger partial charge in [0.1, 0.15) is 0 Å². The van der Waals surface area contributed by atoms with E-state index in [1.165, 1.54) is 5.52 Å². The number of hydrogen-bond donors (Lipinski definition) is 1. The van der Waals surface area contributed by atoms with Gasteiger partial charge in [-0.3, -0.25) is 0 Å². The molecule has 0 aliphatic rings. The first-order chi connectivity index (χ1) is 10.9. The Morgan fingerprint density at radius 3 is 2.55 bits per heavy atom. The zero-order valence-corrected chi connectivity index (χ0v) is 12.6. The maximum Gasteiger partial charge on any atom is 0.177 e. The van der Waals surface area contributed by atoms with Gasteiger partial charge >= 0.3 is 0 Å². The lowest BCUT2D eigenvalue weighted by atomic mass is 10.3. The summed E-state index contributed by atoms with van der Waals surface area (Å²) in [4.78, 5) is 12.9. The monoisotopic (exact) mass is 290 g/mol. The minimum atomic E-state index is 0.841. The fourth-order valence-corrected chi connectivity index (χ4v) is 2.86. The standard InChI is InChI=1S/C18H18N4/c1-2-3-12-22-16-11-7-6-10-15(16)21-18(22)17-19-13-8-4-5-9-14(13)20-17/h4-11H,2-3,12H2,1H3,(H,19,20).